The van der Waals surface area contributed by atoms with Gasteiger partial charge in [0.15, 0.2) is 18.1 Å². The fourth-order valence-corrected chi connectivity index (χ4v) is 3.76. The molecule has 1 amide bonds. The van der Waals surface area contributed by atoms with E-state index in [0.717, 1.165) is 11.3 Å². The van der Waals surface area contributed by atoms with Gasteiger partial charge in [-0.2, -0.15) is 0 Å². The van der Waals surface area contributed by atoms with Gasteiger partial charge in [0.1, 0.15) is 0 Å². The Morgan fingerprint density at radius 3 is 2.81 bits per heavy atom. The Labute approximate surface area is 133 Å². The monoisotopic (exact) mass is 330 g/mol. The molecule has 1 atom stereocenters. The summed E-state index contributed by atoms with van der Waals surface area (Å²) in [6, 6.07) is 3.70. The summed E-state index contributed by atoms with van der Waals surface area (Å²) >= 11 is 8.07. The molecule has 0 radical (unpaired) electrons. The Morgan fingerprint density at radius 1 is 1.57 bits per heavy atom. The van der Waals surface area contributed by atoms with Crippen LogP contribution in [0.2, 0.25) is 5.02 Å². The van der Waals surface area contributed by atoms with Crippen molar-refractivity contribution >= 4 is 29.3 Å². The summed E-state index contributed by atoms with van der Waals surface area (Å²) < 4.78 is 10.6. The molecule has 0 saturated carbocycles. The van der Waals surface area contributed by atoms with Crippen molar-refractivity contribution in [3.63, 3.8) is 0 Å². The SMILES string of the molecule is COc1cc(C2NC(C)(C)CS2)cc(Cl)c1OCC(N)=O. The highest BCUT2D eigenvalue weighted by Crippen LogP contribution is 2.43. The van der Waals surface area contributed by atoms with E-state index in [9.17, 15) is 4.79 Å². The third-order valence-corrected chi connectivity index (χ3v) is 4.94. The highest BCUT2D eigenvalue weighted by Gasteiger charge is 2.32. The van der Waals surface area contributed by atoms with Crippen molar-refractivity contribution in [3.05, 3.63) is 22.7 Å². The van der Waals surface area contributed by atoms with Crippen LogP contribution in [0.25, 0.3) is 0 Å². The number of halogens is 1. The number of primary amides is 1. The molecule has 7 heteroatoms. The molecular formula is C14H19ClN2O3S. The summed E-state index contributed by atoms with van der Waals surface area (Å²) in [7, 11) is 1.53. The quantitative estimate of drug-likeness (QED) is 0.866. The lowest BCUT2D eigenvalue weighted by atomic mass is 10.1. The second-order valence-electron chi connectivity index (χ2n) is 5.51. The zero-order valence-corrected chi connectivity index (χ0v) is 13.8. The smallest absolute Gasteiger partial charge is 0.255 e. The molecule has 116 valence electrons. The second-order valence-corrected chi connectivity index (χ2v) is 7.01. The van der Waals surface area contributed by atoms with E-state index >= 15 is 0 Å². The molecule has 1 aromatic carbocycles. The predicted octanol–water partition coefficient (Wildman–Crippen LogP) is 2.33. The first-order chi connectivity index (χ1) is 9.82. The molecule has 1 aliphatic rings. The number of amides is 1. The Hall–Kier alpha value is -1.11. The topological polar surface area (TPSA) is 73.6 Å². The Bertz CT molecular complexity index is 551. The van der Waals surface area contributed by atoms with Crippen LogP contribution >= 0.6 is 23.4 Å². The third-order valence-electron chi connectivity index (χ3n) is 3.05. The van der Waals surface area contributed by atoms with Crippen molar-refractivity contribution in [2.75, 3.05) is 19.5 Å². The van der Waals surface area contributed by atoms with Crippen molar-refractivity contribution in [2.45, 2.75) is 24.8 Å². The van der Waals surface area contributed by atoms with Crippen LogP contribution in [0.1, 0.15) is 24.8 Å². The fourth-order valence-electron chi connectivity index (χ4n) is 2.08. The van der Waals surface area contributed by atoms with Crippen molar-refractivity contribution in [3.8, 4) is 11.5 Å². The molecule has 2 rings (SSSR count). The number of methoxy groups -OCH3 is 1. The standard InChI is InChI=1S/C14H19ClN2O3S/c1-14(2)7-21-13(17-14)8-4-9(15)12(10(5-8)19-3)20-6-11(16)18/h4-5,13,17H,6-7H2,1-3H3,(H2,16,18). The normalized spacial score (nSPS) is 20.3. The maximum atomic E-state index is 10.8. The van der Waals surface area contributed by atoms with Gasteiger partial charge >= 0.3 is 0 Å². The lowest BCUT2D eigenvalue weighted by molar-refractivity contribution is -0.119. The number of thioether (sulfide) groups is 1. The van der Waals surface area contributed by atoms with Crippen molar-refractivity contribution < 1.29 is 14.3 Å². The molecule has 1 saturated heterocycles. The molecule has 21 heavy (non-hydrogen) atoms. The number of rotatable bonds is 5. The van der Waals surface area contributed by atoms with E-state index in [-0.39, 0.29) is 17.5 Å². The van der Waals surface area contributed by atoms with Crippen LogP contribution in [0.4, 0.5) is 0 Å². The Morgan fingerprint density at radius 2 is 2.29 bits per heavy atom. The average molecular weight is 331 g/mol. The number of carbonyl (C=O) groups is 1. The number of hydrogen-bond donors (Lipinski definition) is 2. The van der Waals surface area contributed by atoms with Gasteiger partial charge in [0.2, 0.25) is 0 Å². The van der Waals surface area contributed by atoms with Gasteiger partial charge in [0, 0.05) is 11.3 Å². The van der Waals surface area contributed by atoms with Crippen molar-refractivity contribution in [1.29, 1.82) is 0 Å². The zero-order valence-electron chi connectivity index (χ0n) is 12.2. The summed E-state index contributed by atoms with van der Waals surface area (Å²) in [6.07, 6.45) is 0. The number of hydrogen-bond acceptors (Lipinski definition) is 5. The molecule has 1 heterocycles. The predicted molar refractivity (Wildman–Crippen MR) is 85.1 cm³/mol. The molecule has 1 aromatic rings. The van der Waals surface area contributed by atoms with Crippen LogP contribution in [0.3, 0.4) is 0 Å². The molecular weight excluding hydrogens is 312 g/mol. The highest BCUT2D eigenvalue weighted by molar-refractivity contribution is 7.99. The molecule has 0 spiro atoms. The summed E-state index contributed by atoms with van der Waals surface area (Å²) in [5.41, 5.74) is 6.17. The van der Waals surface area contributed by atoms with Crippen LogP contribution in [0, 0.1) is 0 Å². The van der Waals surface area contributed by atoms with Crippen LogP contribution in [0.15, 0.2) is 12.1 Å². The maximum Gasteiger partial charge on any atom is 0.255 e. The summed E-state index contributed by atoms with van der Waals surface area (Å²) in [5, 5.41) is 4.08. The minimum Gasteiger partial charge on any atom is -0.493 e. The van der Waals surface area contributed by atoms with E-state index in [2.05, 4.69) is 19.2 Å². The van der Waals surface area contributed by atoms with Crippen LogP contribution in [-0.4, -0.2) is 30.9 Å². The number of nitrogens with one attached hydrogen (secondary N) is 1. The highest BCUT2D eigenvalue weighted by atomic mass is 35.5. The molecule has 0 aromatic heterocycles. The molecule has 1 unspecified atom stereocenters. The van der Waals surface area contributed by atoms with Gasteiger partial charge in [-0.3, -0.25) is 10.1 Å². The summed E-state index contributed by atoms with van der Waals surface area (Å²) in [6.45, 7) is 4.07. The first kappa shape index (κ1) is 16.3. The van der Waals surface area contributed by atoms with E-state index in [1.165, 1.54) is 7.11 Å². The minimum absolute atomic E-state index is 0.0795. The summed E-state index contributed by atoms with van der Waals surface area (Å²) in [4.78, 5) is 10.8. The van der Waals surface area contributed by atoms with E-state index in [4.69, 9.17) is 26.8 Å². The number of benzene rings is 1. The largest absolute Gasteiger partial charge is 0.493 e. The average Bonchev–Trinajstić information content (AvgIpc) is 2.76. The Balaban J connectivity index is 2.26. The van der Waals surface area contributed by atoms with Crippen molar-refractivity contribution in [1.82, 2.24) is 5.32 Å². The van der Waals surface area contributed by atoms with Gasteiger partial charge in [0.25, 0.3) is 5.91 Å². The minimum atomic E-state index is -0.563. The van der Waals surface area contributed by atoms with E-state index < -0.39 is 5.91 Å². The second kappa shape index (κ2) is 6.34. The maximum absolute atomic E-state index is 10.8. The number of ether oxygens (including phenoxy) is 2. The molecule has 1 aliphatic heterocycles. The molecule has 0 aliphatic carbocycles. The van der Waals surface area contributed by atoms with Gasteiger partial charge in [0.05, 0.1) is 17.5 Å². The lowest BCUT2D eigenvalue weighted by Gasteiger charge is -2.20. The van der Waals surface area contributed by atoms with Crippen LogP contribution in [-0.2, 0) is 4.79 Å². The molecule has 0 bridgehead atoms. The van der Waals surface area contributed by atoms with Crippen LogP contribution in [0.5, 0.6) is 11.5 Å². The van der Waals surface area contributed by atoms with E-state index in [0.29, 0.717) is 16.5 Å². The Kier molecular flexibility index (Phi) is 4.91. The first-order valence-corrected chi connectivity index (χ1v) is 7.93. The van der Waals surface area contributed by atoms with E-state index in [1.54, 1.807) is 0 Å². The number of carbonyl (C=O) groups excluding carboxylic acids is 1. The first-order valence-electron chi connectivity index (χ1n) is 6.50. The van der Waals surface area contributed by atoms with Gasteiger partial charge in [-0.05, 0) is 31.5 Å². The molecule has 5 nitrogen and oxygen atoms in total. The molecule has 3 N–H and O–H groups in total. The van der Waals surface area contributed by atoms with Gasteiger partial charge < -0.3 is 15.2 Å². The zero-order chi connectivity index (χ0) is 15.6. The number of nitrogens with two attached hydrogens (primary N) is 1. The van der Waals surface area contributed by atoms with Gasteiger partial charge in [-0.25, -0.2) is 0 Å². The van der Waals surface area contributed by atoms with Crippen LogP contribution < -0.4 is 20.5 Å². The fraction of sp³-hybridized carbons (Fsp3) is 0.500. The van der Waals surface area contributed by atoms with E-state index in [1.807, 2.05) is 23.9 Å². The third kappa shape index (κ3) is 3.96. The van der Waals surface area contributed by atoms with Gasteiger partial charge in [-0.1, -0.05) is 11.6 Å². The summed E-state index contributed by atoms with van der Waals surface area (Å²) in [5.74, 6) is 1.28. The molecule has 1 fully saturated rings. The lowest BCUT2D eigenvalue weighted by Crippen LogP contribution is -2.35. The van der Waals surface area contributed by atoms with Crippen molar-refractivity contribution in [2.24, 2.45) is 5.73 Å². The van der Waals surface area contributed by atoms with Gasteiger partial charge in [-0.15, -0.1) is 11.8 Å².